The summed E-state index contributed by atoms with van der Waals surface area (Å²) in [5, 5.41) is 17.4. The number of hydrogen-bond donors (Lipinski definition) is 2. The number of ether oxygens (including phenoxy) is 1. The molecule has 1 aromatic heterocycles. The number of H-pyrrole nitrogens is 1. The summed E-state index contributed by atoms with van der Waals surface area (Å²) in [6.07, 6.45) is 0. The van der Waals surface area contributed by atoms with Gasteiger partial charge in [0.2, 0.25) is 0 Å². The molecule has 6 heteroatoms. The van der Waals surface area contributed by atoms with E-state index >= 15 is 0 Å². The molecule has 0 aliphatic heterocycles. The molecule has 0 fully saturated rings. The lowest BCUT2D eigenvalue weighted by atomic mass is 10.0. The Morgan fingerprint density at radius 3 is 2.71 bits per heavy atom. The molecule has 0 spiro atoms. The van der Waals surface area contributed by atoms with Crippen molar-refractivity contribution in [3.8, 4) is 6.07 Å². The molecule has 2 N–H and O–H groups in total. The van der Waals surface area contributed by atoms with E-state index in [9.17, 15) is 9.59 Å². The maximum absolute atomic E-state index is 11.7. The number of nitrogens with zero attached hydrogens (tertiary/aromatic N) is 1. The Balaban J connectivity index is 3.36. The maximum atomic E-state index is 11.7. The molecule has 0 amide bonds. The topological polar surface area (TPSA) is 103 Å². The lowest BCUT2D eigenvalue weighted by molar-refractivity contribution is 0.0432. The van der Waals surface area contributed by atoms with E-state index in [4.69, 9.17) is 15.1 Å². The predicted octanol–water partition coefficient (Wildman–Crippen LogP) is 0.0125. The van der Waals surface area contributed by atoms with Crippen molar-refractivity contribution in [1.29, 1.82) is 5.26 Å². The highest BCUT2D eigenvalue weighted by molar-refractivity contribution is 5.93. The number of aromatic amines is 1. The molecular formula is C11H12N2O4. The number of aryl methyl sites for hydroxylation is 1. The lowest BCUT2D eigenvalue weighted by Crippen LogP contribution is -2.21. The second-order valence-corrected chi connectivity index (χ2v) is 3.43. The van der Waals surface area contributed by atoms with Crippen molar-refractivity contribution in [1.82, 2.24) is 4.98 Å². The SMILES string of the molecule is Cc1[nH]c(=O)c(C#N)c(C(=O)OCCO)c1C. The first kappa shape index (κ1) is 12.9. The van der Waals surface area contributed by atoms with Crippen LogP contribution in [0.3, 0.4) is 0 Å². The third-order valence-corrected chi connectivity index (χ3v) is 2.36. The van der Waals surface area contributed by atoms with Crippen LogP contribution in [0.5, 0.6) is 0 Å². The number of hydrogen-bond acceptors (Lipinski definition) is 5. The number of nitriles is 1. The highest BCUT2D eigenvalue weighted by Crippen LogP contribution is 2.13. The van der Waals surface area contributed by atoms with Gasteiger partial charge in [-0.25, -0.2) is 4.79 Å². The van der Waals surface area contributed by atoms with Gasteiger partial charge in [0.25, 0.3) is 5.56 Å². The Hall–Kier alpha value is -2.13. The van der Waals surface area contributed by atoms with Crippen LogP contribution in [-0.4, -0.2) is 29.3 Å². The number of nitrogens with one attached hydrogen (secondary N) is 1. The summed E-state index contributed by atoms with van der Waals surface area (Å²) >= 11 is 0. The number of carbonyl (C=O) groups excluding carboxylic acids is 1. The Morgan fingerprint density at radius 1 is 1.53 bits per heavy atom. The molecule has 17 heavy (non-hydrogen) atoms. The number of aliphatic hydroxyl groups excluding tert-OH is 1. The average molecular weight is 236 g/mol. The third kappa shape index (κ3) is 2.52. The number of esters is 1. The van der Waals surface area contributed by atoms with E-state index in [1.807, 2.05) is 0 Å². The van der Waals surface area contributed by atoms with Gasteiger partial charge in [0.15, 0.2) is 0 Å². The molecule has 0 atom stereocenters. The zero-order valence-corrected chi connectivity index (χ0v) is 9.53. The van der Waals surface area contributed by atoms with Crippen molar-refractivity contribution in [2.75, 3.05) is 13.2 Å². The number of aromatic nitrogens is 1. The Morgan fingerprint density at radius 2 is 2.18 bits per heavy atom. The van der Waals surface area contributed by atoms with Gasteiger partial charge in [0, 0.05) is 5.69 Å². The summed E-state index contributed by atoms with van der Waals surface area (Å²) < 4.78 is 4.72. The molecule has 1 aromatic rings. The van der Waals surface area contributed by atoms with E-state index in [2.05, 4.69) is 4.98 Å². The van der Waals surface area contributed by atoms with Gasteiger partial charge in [0.05, 0.1) is 12.2 Å². The van der Waals surface area contributed by atoms with Crippen LogP contribution < -0.4 is 5.56 Å². The fourth-order valence-electron chi connectivity index (χ4n) is 1.39. The van der Waals surface area contributed by atoms with Crippen molar-refractivity contribution in [2.45, 2.75) is 13.8 Å². The van der Waals surface area contributed by atoms with Crippen LogP contribution in [0.15, 0.2) is 4.79 Å². The van der Waals surface area contributed by atoms with E-state index in [-0.39, 0.29) is 24.3 Å². The fraction of sp³-hybridized carbons (Fsp3) is 0.364. The molecule has 0 unspecified atom stereocenters. The molecular weight excluding hydrogens is 224 g/mol. The second kappa shape index (κ2) is 5.27. The molecule has 0 saturated heterocycles. The molecule has 90 valence electrons. The fourth-order valence-corrected chi connectivity index (χ4v) is 1.39. The zero-order valence-electron chi connectivity index (χ0n) is 9.53. The second-order valence-electron chi connectivity index (χ2n) is 3.43. The minimum Gasteiger partial charge on any atom is -0.460 e. The number of aliphatic hydroxyl groups is 1. The number of pyridine rings is 1. The summed E-state index contributed by atoms with van der Waals surface area (Å²) in [7, 11) is 0. The summed E-state index contributed by atoms with van der Waals surface area (Å²) in [6, 6.07) is 1.68. The normalized spacial score (nSPS) is 9.76. The van der Waals surface area contributed by atoms with Crippen LogP contribution in [0.2, 0.25) is 0 Å². The Bertz CT molecular complexity index is 540. The summed E-state index contributed by atoms with van der Waals surface area (Å²) in [4.78, 5) is 25.6. The highest BCUT2D eigenvalue weighted by Gasteiger charge is 2.20. The summed E-state index contributed by atoms with van der Waals surface area (Å²) in [5.74, 6) is -0.776. The van der Waals surface area contributed by atoms with Gasteiger partial charge >= 0.3 is 5.97 Å². The minimum atomic E-state index is -0.776. The molecule has 0 radical (unpaired) electrons. The van der Waals surface area contributed by atoms with E-state index in [1.165, 1.54) is 0 Å². The van der Waals surface area contributed by atoms with Crippen molar-refractivity contribution >= 4 is 5.97 Å². The van der Waals surface area contributed by atoms with Crippen LogP contribution in [-0.2, 0) is 4.74 Å². The van der Waals surface area contributed by atoms with Crippen LogP contribution in [0.4, 0.5) is 0 Å². The van der Waals surface area contributed by atoms with Gasteiger partial charge < -0.3 is 14.8 Å². The first-order valence-corrected chi connectivity index (χ1v) is 4.94. The quantitative estimate of drug-likeness (QED) is 0.719. The molecule has 0 saturated carbocycles. The van der Waals surface area contributed by atoms with Crippen molar-refractivity contribution < 1.29 is 14.6 Å². The minimum absolute atomic E-state index is 0.0396. The number of rotatable bonds is 3. The van der Waals surface area contributed by atoms with E-state index in [1.54, 1.807) is 19.9 Å². The van der Waals surface area contributed by atoms with Crippen molar-refractivity contribution in [2.24, 2.45) is 0 Å². The molecule has 0 aromatic carbocycles. The van der Waals surface area contributed by atoms with Crippen LogP contribution in [0.25, 0.3) is 0 Å². The summed E-state index contributed by atoms with van der Waals surface area (Å²) in [6.45, 7) is 2.76. The summed E-state index contributed by atoms with van der Waals surface area (Å²) in [5.41, 5.74) is 0.0684. The van der Waals surface area contributed by atoms with Gasteiger partial charge in [-0.3, -0.25) is 4.79 Å². The zero-order chi connectivity index (χ0) is 13.0. The smallest absolute Gasteiger partial charge is 0.340 e. The highest BCUT2D eigenvalue weighted by atomic mass is 16.5. The van der Waals surface area contributed by atoms with Crippen LogP contribution in [0.1, 0.15) is 27.2 Å². The monoisotopic (exact) mass is 236 g/mol. The van der Waals surface area contributed by atoms with Crippen molar-refractivity contribution in [3.05, 3.63) is 32.7 Å². The molecule has 0 bridgehead atoms. The molecule has 0 aliphatic rings. The third-order valence-electron chi connectivity index (χ3n) is 2.36. The van der Waals surface area contributed by atoms with Gasteiger partial charge in [0.1, 0.15) is 18.2 Å². The first-order valence-electron chi connectivity index (χ1n) is 4.94. The molecule has 0 aliphatic carbocycles. The van der Waals surface area contributed by atoms with Gasteiger partial charge in [-0.15, -0.1) is 0 Å². The molecule has 6 nitrogen and oxygen atoms in total. The van der Waals surface area contributed by atoms with Crippen LogP contribution in [0, 0.1) is 25.2 Å². The number of carbonyl (C=O) groups is 1. The lowest BCUT2D eigenvalue weighted by Gasteiger charge is -2.09. The van der Waals surface area contributed by atoms with Gasteiger partial charge in [-0.2, -0.15) is 5.26 Å². The van der Waals surface area contributed by atoms with Gasteiger partial charge in [-0.1, -0.05) is 0 Å². The Kier molecular flexibility index (Phi) is 4.01. The van der Waals surface area contributed by atoms with Gasteiger partial charge in [-0.05, 0) is 19.4 Å². The molecule has 1 heterocycles. The van der Waals surface area contributed by atoms with E-state index in [0.29, 0.717) is 11.3 Å². The Labute approximate surface area is 97.5 Å². The van der Waals surface area contributed by atoms with E-state index < -0.39 is 11.5 Å². The van der Waals surface area contributed by atoms with Crippen molar-refractivity contribution in [3.63, 3.8) is 0 Å². The predicted molar refractivity (Wildman–Crippen MR) is 58.6 cm³/mol. The standard InChI is InChI=1S/C11H12N2O4/c1-6-7(2)13-10(15)8(5-12)9(6)11(16)17-4-3-14/h14H,3-4H2,1-2H3,(H,13,15). The molecule has 1 rings (SSSR count). The maximum Gasteiger partial charge on any atom is 0.340 e. The average Bonchev–Trinajstić information content (AvgIpc) is 2.30. The van der Waals surface area contributed by atoms with E-state index in [0.717, 1.165) is 0 Å². The largest absolute Gasteiger partial charge is 0.460 e. The van der Waals surface area contributed by atoms with Crippen LogP contribution >= 0.6 is 0 Å². The first-order chi connectivity index (χ1) is 8.02.